The molecule has 1 fully saturated rings. The molecule has 8 heteroatoms. The highest BCUT2D eigenvalue weighted by atomic mass is 16.5. The Bertz CT molecular complexity index is 1080. The number of benzene rings is 1. The van der Waals surface area contributed by atoms with Crippen molar-refractivity contribution in [1.29, 1.82) is 0 Å². The van der Waals surface area contributed by atoms with Gasteiger partial charge in [0, 0.05) is 36.8 Å². The molecule has 2 aliphatic heterocycles. The van der Waals surface area contributed by atoms with E-state index in [1.54, 1.807) is 6.92 Å². The van der Waals surface area contributed by atoms with Gasteiger partial charge < -0.3 is 23.9 Å². The molecule has 3 heterocycles. The molecule has 4 rings (SSSR count). The van der Waals surface area contributed by atoms with E-state index in [1.165, 1.54) is 0 Å². The van der Waals surface area contributed by atoms with Crippen molar-refractivity contribution in [2.45, 2.75) is 52.6 Å². The molecule has 0 unspecified atom stereocenters. The first kappa shape index (κ1) is 23.6. The lowest BCUT2D eigenvalue weighted by atomic mass is 9.92. The third kappa shape index (κ3) is 5.33. The van der Waals surface area contributed by atoms with Crippen molar-refractivity contribution in [3.05, 3.63) is 33.2 Å². The maximum atomic E-state index is 12.4. The standard InChI is InChI=1S/C25H34N2O6/c1-16-17(2)24(29)32-23-18-6-7-25(3,4)33-19(18)14-20(22(16)23)31-15-21(28)26-8-5-9-27-10-12-30-13-11-27/h14H,5-13,15H2,1-4H3,(H,26,28). The number of aryl methyl sites for hydroxylation is 2. The first-order valence-corrected chi connectivity index (χ1v) is 11.7. The zero-order valence-electron chi connectivity index (χ0n) is 20.0. The Labute approximate surface area is 194 Å². The van der Waals surface area contributed by atoms with Crippen LogP contribution in [0.3, 0.4) is 0 Å². The first-order valence-electron chi connectivity index (χ1n) is 11.7. The Hall–Kier alpha value is -2.58. The fourth-order valence-electron chi connectivity index (χ4n) is 4.40. The maximum absolute atomic E-state index is 12.4. The van der Waals surface area contributed by atoms with Crippen molar-refractivity contribution in [3.8, 4) is 11.5 Å². The van der Waals surface area contributed by atoms with Crippen molar-refractivity contribution in [1.82, 2.24) is 10.2 Å². The summed E-state index contributed by atoms with van der Waals surface area (Å²) in [6.07, 6.45) is 2.44. The number of nitrogens with one attached hydrogen (secondary N) is 1. The number of carbonyl (C=O) groups is 1. The number of rotatable bonds is 7. The Balaban J connectivity index is 1.47. The molecule has 2 aliphatic rings. The lowest BCUT2D eigenvalue weighted by molar-refractivity contribution is -0.123. The second-order valence-corrected chi connectivity index (χ2v) is 9.50. The zero-order chi connectivity index (χ0) is 23.6. The largest absolute Gasteiger partial charge is 0.487 e. The predicted molar refractivity (Wildman–Crippen MR) is 125 cm³/mol. The highest BCUT2D eigenvalue weighted by molar-refractivity contribution is 5.92. The van der Waals surface area contributed by atoms with Crippen LogP contribution in [-0.4, -0.2) is 62.4 Å². The van der Waals surface area contributed by atoms with E-state index in [0.717, 1.165) is 68.6 Å². The molecular formula is C25H34N2O6. The molecule has 0 radical (unpaired) electrons. The summed E-state index contributed by atoms with van der Waals surface area (Å²) in [4.78, 5) is 27.1. The SMILES string of the molecule is Cc1c(C)c2c(OCC(=O)NCCCN3CCOCC3)cc3c(c2oc1=O)CCC(C)(C)O3. The summed E-state index contributed by atoms with van der Waals surface area (Å²) in [5.41, 5.74) is 2.03. The molecule has 8 nitrogen and oxygen atoms in total. The number of ether oxygens (including phenoxy) is 3. The van der Waals surface area contributed by atoms with E-state index in [9.17, 15) is 9.59 Å². The molecule has 0 atom stereocenters. The van der Waals surface area contributed by atoms with Gasteiger partial charge in [-0.05, 0) is 59.1 Å². The van der Waals surface area contributed by atoms with Crippen LogP contribution < -0.4 is 20.4 Å². The minimum absolute atomic E-state index is 0.119. The van der Waals surface area contributed by atoms with Gasteiger partial charge in [-0.2, -0.15) is 0 Å². The summed E-state index contributed by atoms with van der Waals surface area (Å²) in [6.45, 7) is 12.5. The number of fused-ring (bicyclic) bond motifs is 3. The normalized spacial score (nSPS) is 17.9. The quantitative estimate of drug-likeness (QED) is 0.504. The van der Waals surface area contributed by atoms with E-state index in [1.807, 2.05) is 26.8 Å². The summed E-state index contributed by atoms with van der Waals surface area (Å²) in [6, 6.07) is 1.83. The van der Waals surface area contributed by atoms with Gasteiger partial charge in [-0.15, -0.1) is 0 Å². The van der Waals surface area contributed by atoms with Gasteiger partial charge >= 0.3 is 5.63 Å². The Morgan fingerprint density at radius 3 is 2.73 bits per heavy atom. The van der Waals surface area contributed by atoms with Crippen LogP contribution in [0, 0.1) is 13.8 Å². The molecule has 1 N–H and O–H groups in total. The average molecular weight is 459 g/mol. The molecule has 0 bridgehead atoms. The number of amides is 1. The summed E-state index contributed by atoms with van der Waals surface area (Å²) in [5.74, 6) is 0.955. The fraction of sp³-hybridized carbons (Fsp3) is 0.600. The van der Waals surface area contributed by atoms with Gasteiger partial charge in [0.1, 0.15) is 22.7 Å². The smallest absolute Gasteiger partial charge is 0.339 e. The van der Waals surface area contributed by atoms with Gasteiger partial charge in [0.05, 0.1) is 18.6 Å². The molecule has 0 aliphatic carbocycles. The predicted octanol–water partition coefficient (Wildman–Crippen LogP) is 2.73. The Morgan fingerprint density at radius 2 is 1.97 bits per heavy atom. The van der Waals surface area contributed by atoms with Crippen LogP contribution in [0.1, 0.15) is 43.4 Å². The summed E-state index contributed by atoms with van der Waals surface area (Å²) >= 11 is 0. The number of nitrogens with zero attached hydrogens (tertiary/aromatic N) is 1. The van der Waals surface area contributed by atoms with Gasteiger partial charge in [0.25, 0.3) is 5.91 Å². The maximum Gasteiger partial charge on any atom is 0.339 e. The fourth-order valence-corrected chi connectivity index (χ4v) is 4.40. The monoisotopic (exact) mass is 458 g/mol. The second kappa shape index (κ2) is 9.73. The van der Waals surface area contributed by atoms with Gasteiger partial charge in [-0.3, -0.25) is 9.69 Å². The van der Waals surface area contributed by atoms with E-state index in [4.69, 9.17) is 18.6 Å². The molecule has 1 amide bonds. The lowest BCUT2D eigenvalue weighted by Crippen LogP contribution is -2.38. The summed E-state index contributed by atoms with van der Waals surface area (Å²) in [5, 5.41) is 3.66. The van der Waals surface area contributed by atoms with Gasteiger partial charge in [-0.25, -0.2) is 4.79 Å². The molecule has 0 saturated carbocycles. The van der Waals surface area contributed by atoms with Gasteiger partial charge in [0.15, 0.2) is 6.61 Å². The van der Waals surface area contributed by atoms with Crippen LogP contribution in [0.2, 0.25) is 0 Å². The van der Waals surface area contributed by atoms with E-state index in [0.29, 0.717) is 29.2 Å². The second-order valence-electron chi connectivity index (χ2n) is 9.50. The molecule has 0 spiro atoms. The van der Waals surface area contributed by atoms with Crippen molar-refractivity contribution in [2.24, 2.45) is 0 Å². The van der Waals surface area contributed by atoms with E-state index in [-0.39, 0.29) is 23.7 Å². The van der Waals surface area contributed by atoms with Crippen LogP contribution in [0.5, 0.6) is 11.5 Å². The van der Waals surface area contributed by atoms with Crippen molar-refractivity contribution in [3.63, 3.8) is 0 Å². The third-order valence-corrected chi connectivity index (χ3v) is 6.54. The van der Waals surface area contributed by atoms with Crippen LogP contribution >= 0.6 is 0 Å². The minimum atomic E-state index is -0.359. The van der Waals surface area contributed by atoms with Crippen molar-refractivity contribution >= 4 is 16.9 Å². The molecule has 180 valence electrons. The lowest BCUT2D eigenvalue weighted by Gasteiger charge is -2.33. The number of carbonyl (C=O) groups excluding carboxylic acids is 1. The average Bonchev–Trinajstić information content (AvgIpc) is 2.78. The molecular weight excluding hydrogens is 424 g/mol. The molecule has 1 aromatic carbocycles. The van der Waals surface area contributed by atoms with Crippen molar-refractivity contribution in [2.75, 3.05) is 46.0 Å². The number of hydrogen-bond acceptors (Lipinski definition) is 7. The highest BCUT2D eigenvalue weighted by Crippen LogP contribution is 2.43. The Kier molecular flexibility index (Phi) is 6.95. The third-order valence-electron chi connectivity index (χ3n) is 6.54. The van der Waals surface area contributed by atoms with E-state index < -0.39 is 0 Å². The minimum Gasteiger partial charge on any atom is -0.487 e. The number of morpholine rings is 1. The molecule has 1 saturated heterocycles. The van der Waals surface area contributed by atoms with Crippen molar-refractivity contribution < 1.29 is 23.4 Å². The zero-order valence-corrected chi connectivity index (χ0v) is 20.0. The van der Waals surface area contributed by atoms with Crippen LogP contribution in [0.4, 0.5) is 0 Å². The topological polar surface area (TPSA) is 90.2 Å². The van der Waals surface area contributed by atoms with Gasteiger partial charge in [-0.1, -0.05) is 0 Å². The molecule has 33 heavy (non-hydrogen) atoms. The molecule has 1 aromatic heterocycles. The first-order chi connectivity index (χ1) is 15.7. The molecule has 2 aromatic rings. The van der Waals surface area contributed by atoms with Crippen LogP contribution in [0.15, 0.2) is 15.3 Å². The highest BCUT2D eigenvalue weighted by Gasteiger charge is 2.31. The summed E-state index contributed by atoms with van der Waals surface area (Å²) in [7, 11) is 0. The van der Waals surface area contributed by atoms with E-state index in [2.05, 4.69) is 10.2 Å². The van der Waals surface area contributed by atoms with Gasteiger partial charge in [0.2, 0.25) is 0 Å². The Morgan fingerprint density at radius 1 is 1.21 bits per heavy atom. The van der Waals surface area contributed by atoms with E-state index >= 15 is 0 Å². The number of hydrogen-bond donors (Lipinski definition) is 1. The van der Waals surface area contributed by atoms with Crippen LogP contribution in [-0.2, 0) is 16.0 Å². The summed E-state index contributed by atoms with van der Waals surface area (Å²) < 4.78 is 23.2. The van der Waals surface area contributed by atoms with Crippen LogP contribution in [0.25, 0.3) is 11.0 Å².